The van der Waals surface area contributed by atoms with E-state index >= 15 is 0 Å². The number of nitrogens with zero attached hydrogens (tertiary/aromatic N) is 2. The molecule has 14 atom stereocenters. The number of amides is 4. The van der Waals surface area contributed by atoms with E-state index in [1.165, 1.54) is 61.2 Å². The highest BCUT2D eigenvalue weighted by Crippen LogP contribution is 2.66. The Bertz CT molecular complexity index is 3560. The van der Waals surface area contributed by atoms with E-state index in [4.69, 9.17) is 56.8 Å². The fourth-order valence-electron chi connectivity index (χ4n) is 25.8. The van der Waals surface area contributed by atoms with E-state index in [-0.39, 0.29) is 128 Å². The van der Waals surface area contributed by atoms with Crippen molar-refractivity contribution in [2.45, 2.75) is 356 Å². The molecule has 14 unspecified atom stereocenters. The Labute approximate surface area is 698 Å². The van der Waals surface area contributed by atoms with E-state index in [0.29, 0.717) is 94.0 Å². The van der Waals surface area contributed by atoms with Gasteiger partial charge in [-0.05, 0) is 280 Å². The highest BCUT2D eigenvalue weighted by molar-refractivity contribution is 6.05. The molecule has 16 saturated carbocycles. The lowest BCUT2D eigenvalue weighted by Crippen LogP contribution is -2.60. The number of imide groups is 2. The summed E-state index contributed by atoms with van der Waals surface area (Å²) in [6.45, 7) is 23.9. The fourth-order valence-corrected chi connectivity index (χ4v) is 25.8. The van der Waals surface area contributed by atoms with E-state index < -0.39 is 75.9 Å². The predicted molar refractivity (Wildman–Crippen MR) is 425 cm³/mol. The summed E-state index contributed by atoms with van der Waals surface area (Å²) in [5.74, 6) is 1.99. The molecule has 20 aliphatic rings. The van der Waals surface area contributed by atoms with Crippen LogP contribution >= 0.6 is 0 Å². The molecule has 4 amide bonds. The maximum atomic E-state index is 13.4. The third-order valence-electron chi connectivity index (χ3n) is 31.2. The first-order chi connectivity index (χ1) is 56.0. The summed E-state index contributed by atoms with van der Waals surface area (Å²) in [4.78, 5) is 154. The minimum absolute atomic E-state index is 0.0422. The predicted octanol–water partition coefficient (Wildman–Crippen LogP) is 14.3. The van der Waals surface area contributed by atoms with Crippen LogP contribution in [-0.2, 0) is 114 Å². The van der Waals surface area contributed by atoms with Gasteiger partial charge in [0, 0.05) is 75.7 Å². The van der Waals surface area contributed by atoms with Gasteiger partial charge in [0.2, 0.25) is 36.2 Å². The van der Waals surface area contributed by atoms with Crippen molar-refractivity contribution in [1.29, 1.82) is 0 Å². The first kappa shape index (κ1) is 89.6. The molecule has 26 heteroatoms. The van der Waals surface area contributed by atoms with Crippen molar-refractivity contribution < 1.29 is 114 Å². The molecule has 4 aliphatic heterocycles. The summed E-state index contributed by atoms with van der Waals surface area (Å²) >= 11 is 0. The van der Waals surface area contributed by atoms with Crippen molar-refractivity contribution in [2.24, 2.45) is 110 Å². The summed E-state index contributed by atoms with van der Waals surface area (Å²) in [5, 5.41) is 0. The zero-order valence-electron chi connectivity index (χ0n) is 72.7. The summed E-state index contributed by atoms with van der Waals surface area (Å²) in [6.07, 6.45) is 26.8. The second-order valence-corrected chi connectivity index (χ2v) is 40.5. The standard InChI is InChI=1S/C28H42O8.C26H42O8.2C19H27NO4/c1-3-26(2,24(30)34-22-8-4-6-10-32-22)17-21(29)36-28-15-19-12-20(16-28)14-27(13-19,18-28)25(31)35-23-9-5-7-11-33-23;1-7-24(6,22(28)32-17(4)30-8-2)15-21(27)34-26-13-19-10-20(14-26)12-25(11-19,16-26)23(29)33-18(5)31-9-3;1-11-12(2)18(23)20(17(11)22)4-3-16(21)24-19-8-13-5-14(9-19)7-15(6-13)10-19;1-10-11(2)19(23)20(18(10)22)4-3-16(21)24-17-14-6-12-5-13(8-14)9-15(17)7-12/h19-20,22-23H,3-18H2,1-2H3;17-20H,7-16H2,1-6H3;11-15H,3-10H2,1-2H3;10-15,17H,3-9H2,1-2H3. The number of esters is 8. The van der Waals surface area contributed by atoms with Crippen molar-refractivity contribution in [3.05, 3.63) is 0 Å². The van der Waals surface area contributed by atoms with E-state index in [1.54, 1.807) is 55.4 Å². The number of carbonyl (C=O) groups is 12. The van der Waals surface area contributed by atoms with Gasteiger partial charge in [-0.3, -0.25) is 67.3 Å². The smallest absolute Gasteiger partial charge is 0.314 e. The Hall–Kier alpha value is -6.12. The van der Waals surface area contributed by atoms with E-state index in [0.717, 1.165) is 145 Å². The summed E-state index contributed by atoms with van der Waals surface area (Å²) in [6, 6.07) is 0. The first-order valence-electron chi connectivity index (χ1n) is 45.9. The lowest BCUT2D eigenvalue weighted by molar-refractivity contribution is -0.230. The molecule has 0 spiro atoms. The largest absolute Gasteiger partial charge is 0.462 e. The monoisotopic (exact) mass is 1650 g/mol. The maximum Gasteiger partial charge on any atom is 0.314 e. The van der Waals surface area contributed by atoms with Crippen molar-refractivity contribution in [3.63, 3.8) is 0 Å². The van der Waals surface area contributed by atoms with Crippen LogP contribution in [0.4, 0.5) is 0 Å². The summed E-state index contributed by atoms with van der Waals surface area (Å²) < 4.78 is 68.6. The SMILES string of the molecule is CC1C(=O)N(CCC(=O)OC23CC4CC(CC(C4)C2)C3)C(=O)C1C.CC1C(=O)N(CCC(=O)OC2C3CC4CC(C3)CC2C4)C(=O)C1C.CCC(C)(CC(=O)OC12CC3CC(C1)CC(C(=O)OC1CCCCO1)(C3)C2)C(=O)OC1CCCCO1.CCOC(C)OC(=O)C(C)(CC)CC(=O)OC12CC3CC(C1)CC(C(=O)OC(C)OCC)(C3)C2. The number of ether oxygens (including phenoxy) is 12. The first-order valence-corrected chi connectivity index (χ1v) is 45.9. The second-order valence-electron chi connectivity index (χ2n) is 40.5. The van der Waals surface area contributed by atoms with Gasteiger partial charge in [0.1, 0.15) is 22.9 Å². The average molecular weight is 1660 g/mol. The third-order valence-corrected chi connectivity index (χ3v) is 31.2. The van der Waals surface area contributed by atoms with Crippen molar-refractivity contribution in [2.75, 3.05) is 39.5 Å². The molecule has 16 bridgehead atoms. The van der Waals surface area contributed by atoms with Gasteiger partial charge in [-0.2, -0.15) is 0 Å². The molecule has 26 nitrogen and oxygen atoms in total. The molecule has 0 radical (unpaired) electrons. The minimum Gasteiger partial charge on any atom is -0.462 e. The molecular weight excluding hydrogens is 1520 g/mol. The maximum absolute atomic E-state index is 13.4. The van der Waals surface area contributed by atoms with Crippen molar-refractivity contribution in [3.8, 4) is 0 Å². The number of hydrogen-bond acceptors (Lipinski definition) is 24. The molecule has 4 saturated heterocycles. The van der Waals surface area contributed by atoms with Crippen LogP contribution in [0.3, 0.4) is 0 Å². The summed E-state index contributed by atoms with van der Waals surface area (Å²) in [7, 11) is 0. The van der Waals surface area contributed by atoms with Gasteiger partial charge in [-0.25, -0.2) is 0 Å². The number of carbonyl (C=O) groups excluding carboxylic acids is 12. The molecule has 0 aromatic carbocycles. The molecule has 4 heterocycles. The van der Waals surface area contributed by atoms with E-state index in [2.05, 4.69) is 0 Å². The lowest BCUT2D eigenvalue weighted by atomic mass is 9.48. The van der Waals surface area contributed by atoms with Crippen LogP contribution in [0.15, 0.2) is 0 Å². The molecule has 660 valence electrons. The molecule has 0 aromatic rings. The zero-order valence-corrected chi connectivity index (χ0v) is 72.7. The van der Waals surface area contributed by atoms with Crippen LogP contribution in [0, 0.1) is 110 Å². The van der Waals surface area contributed by atoms with Crippen molar-refractivity contribution >= 4 is 71.4 Å². The van der Waals surface area contributed by atoms with Gasteiger partial charge in [-0.1, -0.05) is 41.5 Å². The molecule has 0 N–H and O–H groups in total. The Kier molecular flexibility index (Phi) is 27.9. The van der Waals surface area contributed by atoms with Crippen LogP contribution < -0.4 is 0 Å². The van der Waals surface area contributed by atoms with Crippen LogP contribution in [0.5, 0.6) is 0 Å². The lowest BCUT2D eigenvalue weighted by Gasteiger charge is -2.60. The van der Waals surface area contributed by atoms with E-state index in [9.17, 15) is 57.5 Å². The van der Waals surface area contributed by atoms with Gasteiger partial charge < -0.3 is 56.8 Å². The Morgan fingerprint density at radius 3 is 1.19 bits per heavy atom. The van der Waals surface area contributed by atoms with Crippen molar-refractivity contribution in [1.82, 2.24) is 9.80 Å². The topological polar surface area (TPSA) is 322 Å². The minimum atomic E-state index is -1.01. The van der Waals surface area contributed by atoms with Gasteiger partial charge >= 0.3 is 47.8 Å². The number of rotatable bonds is 28. The van der Waals surface area contributed by atoms with Crippen LogP contribution in [0.25, 0.3) is 0 Å². The Balaban J connectivity index is 0.000000138. The normalized spacial score (nSPS) is 39.2. The highest BCUT2D eigenvalue weighted by atomic mass is 16.7. The molecule has 16 aliphatic carbocycles. The van der Waals surface area contributed by atoms with E-state index in [1.807, 2.05) is 27.7 Å². The van der Waals surface area contributed by atoms with Gasteiger partial charge in [0.15, 0.2) is 12.6 Å². The van der Waals surface area contributed by atoms with Crippen LogP contribution in [0.1, 0.15) is 308 Å². The quantitative estimate of drug-likeness (QED) is 0.0304. The molecule has 0 aromatic heterocycles. The van der Waals surface area contributed by atoms with Gasteiger partial charge in [0.05, 0.1) is 60.6 Å². The Morgan fingerprint density at radius 2 is 0.780 bits per heavy atom. The second kappa shape index (κ2) is 36.7. The van der Waals surface area contributed by atoms with Crippen LogP contribution in [0.2, 0.25) is 0 Å². The molecule has 118 heavy (non-hydrogen) atoms. The van der Waals surface area contributed by atoms with Crippen LogP contribution in [-0.4, -0.2) is 169 Å². The average Bonchev–Trinajstić information content (AvgIpc) is 0.896. The zero-order chi connectivity index (χ0) is 84.6. The third kappa shape index (κ3) is 19.9. The number of hydrogen-bond donors (Lipinski definition) is 0. The fraction of sp³-hybridized carbons (Fsp3) is 0.870. The molecule has 20 fully saturated rings. The molecule has 20 rings (SSSR count). The summed E-state index contributed by atoms with van der Waals surface area (Å²) in [5.41, 5.74) is -4.79. The Morgan fingerprint density at radius 1 is 0.415 bits per heavy atom. The van der Waals surface area contributed by atoms with Gasteiger partial charge in [-0.15, -0.1) is 0 Å². The molecular formula is C92H138N2O24. The number of likely N-dealkylation sites (tertiary alicyclic amines) is 2. The van der Waals surface area contributed by atoms with Gasteiger partial charge in [0.25, 0.3) is 0 Å². The highest BCUT2D eigenvalue weighted by Gasteiger charge is 2.66.